The second-order valence-corrected chi connectivity index (χ2v) is 9.66. The Balaban J connectivity index is 1.46. The van der Waals surface area contributed by atoms with Crippen molar-refractivity contribution in [2.45, 2.75) is 25.0 Å². The minimum Gasteiger partial charge on any atom is -0.459 e. The van der Waals surface area contributed by atoms with Crippen molar-refractivity contribution in [2.24, 2.45) is 0 Å². The van der Waals surface area contributed by atoms with Crippen molar-refractivity contribution in [3.8, 4) is 11.3 Å². The lowest BCUT2D eigenvalue weighted by Gasteiger charge is -2.29. The molecule has 1 aliphatic rings. The van der Waals surface area contributed by atoms with Gasteiger partial charge in [-0.2, -0.15) is 5.10 Å². The number of halogens is 1. The van der Waals surface area contributed by atoms with E-state index in [1.165, 1.54) is 10.6 Å². The highest BCUT2D eigenvalue weighted by atomic mass is 127. The summed E-state index contributed by atoms with van der Waals surface area (Å²) in [7, 11) is 0. The van der Waals surface area contributed by atoms with Gasteiger partial charge >= 0.3 is 5.97 Å². The Bertz CT molecular complexity index is 1640. The molecule has 36 heavy (non-hydrogen) atoms. The lowest BCUT2D eigenvalue weighted by atomic mass is 9.94. The zero-order valence-corrected chi connectivity index (χ0v) is 21.0. The molecule has 6 rings (SSSR count). The fraction of sp³-hybridized carbons (Fsp3) is 0.154. The third-order valence-electron chi connectivity index (χ3n) is 6.49. The minimum absolute atomic E-state index is 0.115. The number of fused-ring (bicyclic) bond motifs is 2. The van der Waals surface area contributed by atoms with Crippen LogP contribution in [-0.4, -0.2) is 35.7 Å². The summed E-state index contributed by atoms with van der Waals surface area (Å²) in [5, 5.41) is 7.68. The number of H-pyrrole nitrogens is 1. The van der Waals surface area contributed by atoms with Gasteiger partial charge in [0.15, 0.2) is 15.0 Å². The zero-order valence-electron chi connectivity index (χ0n) is 18.9. The molecule has 0 saturated carbocycles. The van der Waals surface area contributed by atoms with Crippen molar-refractivity contribution in [3.63, 3.8) is 0 Å². The first-order valence-corrected chi connectivity index (χ1v) is 12.3. The summed E-state index contributed by atoms with van der Waals surface area (Å²) in [5.74, 6) is -0.465. The third-order valence-corrected chi connectivity index (χ3v) is 6.97. The molecule has 5 aromatic rings. The lowest BCUT2D eigenvalue weighted by molar-refractivity contribution is -0.155. The average molecular weight is 590 g/mol. The van der Waals surface area contributed by atoms with Crippen molar-refractivity contribution in [1.82, 2.24) is 29.7 Å². The standard InChI is InChI=1S/C26H19IN6O3/c27-25-30-22(20-13-29-32-23(20)31-25)18-6-7-21(34)33(14-18)26(10-17-8-9-28-12-19(17)11-26)24(35)36-15-16-4-2-1-3-5-16/h1-9,12-14H,10-11,15H2,(H,29,30,31,32). The Labute approximate surface area is 218 Å². The van der Waals surface area contributed by atoms with Gasteiger partial charge in [-0.1, -0.05) is 30.3 Å². The lowest BCUT2D eigenvalue weighted by Crippen LogP contribution is -2.49. The first-order valence-electron chi connectivity index (χ1n) is 11.3. The van der Waals surface area contributed by atoms with Gasteiger partial charge in [0.25, 0.3) is 5.56 Å². The number of nitrogens with zero attached hydrogens (tertiary/aromatic N) is 5. The number of hydrogen-bond donors (Lipinski definition) is 1. The summed E-state index contributed by atoms with van der Waals surface area (Å²) in [6, 6.07) is 14.5. The van der Waals surface area contributed by atoms with Crippen LogP contribution in [0.1, 0.15) is 16.7 Å². The summed E-state index contributed by atoms with van der Waals surface area (Å²) in [4.78, 5) is 40.3. The maximum absolute atomic E-state index is 13.8. The largest absolute Gasteiger partial charge is 0.459 e. The van der Waals surface area contributed by atoms with Gasteiger partial charge in [-0.05, 0) is 28.8 Å². The van der Waals surface area contributed by atoms with E-state index < -0.39 is 11.5 Å². The van der Waals surface area contributed by atoms with E-state index >= 15 is 0 Å². The van der Waals surface area contributed by atoms with Crippen molar-refractivity contribution >= 4 is 39.6 Å². The number of carbonyl (C=O) groups excluding carboxylic acids is 1. The summed E-state index contributed by atoms with van der Waals surface area (Å²) in [6.45, 7) is 0.115. The Morgan fingerprint density at radius 2 is 1.89 bits per heavy atom. The Morgan fingerprint density at radius 1 is 1.06 bits per heavy atom. The van der Waals surface area contributed by atoms with Gasteiger partial charge in [-0.15, -0.1) is 0 Å². The van der Waals surface area contributed by atoms with Gasteiger partial charge in [-0.25, -0.2) is 14.8 Å². The molecule has 10 heteroatoms. The molecule has 1 atom stereocenters. The summed E-state index contributed by atoms with van der Waals surface area (Å²) < 4.78 is 7.85. The molecule has 0 aliphatic heterocycles. The molecule has 0 fully saturated rings. The highest BCUT2D eigenvalue weighted by Crippen LogP contribution is 2.37. The highest BCUT2D eigenvalue weighted by molar-refractivity contribution is 14.1. The highest BCUT2D eigenvalue weighted by Gasteiger charge is 2.48. The van der Waals surface area contributed by atoms with Crippen molar-refractivity contribution in [1.29, 1.82) is 0 Å². The molecule has 1 aromatic carbocycles. The SMILES string of the molecule is O=C(OCc1ccccc1)C1(n2cc(-c3nc(I)nc4[nH]ncc34)ccc2=O)Cc2ccncc2C1. The van der Waals surface area contributed by atoms with Crippen LogP contribution in [0.4, 0.5) is 0 Å². The molecule has 0 amide bonds. The zero-order chi connectivity index (χ0) is 24.7. The van der Waals surface area contributed by atoms with Gasteiger partial charge in [0.05, 0.1) is 17.3 Å². The molecule has 9 nitrogen and oxygen atoms in total. The number of aromatic nitrogens is 6. The molecule has 1 unspecified atom stereocenters. The number of pyridine rings is 2. The molecular weight excluding hydrogens is 571 g/mol. The number of rotatable bonds is 5. The average Bonchev–Trinajstić information content (AvgIpc) is 3.53. The smallest absolute Gasteiger partial charge is 0.333 e. The van der Waals surface area contributed by atoms with Crippen molar-refractivity contribution in [3.05, 3.63) is 104 Å². The van der Waals surface area contributed by atoms with E-state index in [-0.39, 0.29) is 12.2 Å². The quantitative estimate of drug-likeness (QED) is 0.190. The Morgan fingerprint density at radius 3 is 2.72 bits per heavy atom. The van der Waals surface area contributed by atoms with Gasteiger partial charge in [0, 0.05) is 65.7 Å². The van der Waals surface area contributed by atoms with Crippen LogP contribution in [0, 0.1) is 3.83 Å². The third kappa shape index (κ3) is 3.87. The van der Waals surface area contributed by atoms with Crippen LogP contribution < -0.4 is 5.56 Å². The number of benzene rings is 1. The molecule has 178 valence electrons. The van der Waals surface area contributed by atoms with E-state index in [4.69, 9.17) is 4.74 Å². The van der Waals surface area contributed by atoms with E-state index in [0.717, 1.165) is 22.1 Å². The first-order chi connectivity index (χ1) is 17.5. The van der Waals surface area contributed by atoms with Crippen LogP contribution >= 0.6 is 22.6 Å². The topological polar surface area (TPSA) is 116 Å². The number of aromatic amines is 1. The van der Waals surface area contributed by atoms with E-state index in [1.807, 2.05) is 59.0 Å². The van der Waals surface area contributed by atoms with Crippen LogP contribution in [0.3, 0.4) is 0 Å². The van der Waals surface area contributed by atoms with Crippen LogP contribution in [-0.2, 0) is 34.5 Å². The predicted octanol–water partition coefficient (Wildman–Crippen LogP) is 3.42. The maximum atomic E-state index is 13.8. The Kier molecular flexibility index (Phi) is 5.59. The molecule has 1 N–H and O–H groups in total. The summed E-state index contributed by atoms with van der Waals surface area (Å²) >= 11 is 2.04. The monoisotopic (exact) mass is 590 g/mol. The van der Waals surface area contributed by atoms with Crippen LogP contribution in [0.25, 0.3) is 22.3 Å². The number of ether oxygens (including phenoxy) is 1. The van der Waals surface area contributed by atoms with E-state index in [9.17, 15) is 9.59 Å². The minimum atomic E-state index is -1.25. The number of carbonyl (C=O) groups is 1. The number of esters is 1. The number of nitrogens with one attached hydrogen (secondary N) is 1. The molecule has 0 bridgehead atoms. The normalized spacial score (nSPS) is 16.7. The molecule has 4 aromatic heterocycles. The van der Waals surface area contributed by atoms with Crippen LogP contribution in [0.5, 0.6) is 0 Å². The van der Waals surface area contributed by atoms with Gasteiger partial charge < -0.3 is 4.74 Å². The fourth-order valence-corrected chi connectivity index (χ4v) is 5.22. The molecule has 0 spiro atoms. The fourth-order valence-electron chi connectivity index (χ4n) is 4.74. The summed E-state index contributed by atoms with van der Waals surface area (Å²) in [5.41, 5.74) is 3.10. The summed E-state index contributed by atoms with van der Waals surface area (Å²) in [6.07, 6.45) is 7.41. The molecule has 0 radical (unpaired) electrons. The van der Waals surface area contributed by atoms with E-state index in [0.29, 0.717) is 33.6 Å². The Hall–Kier alpha value is -3.93. The van der Waals surface area contributed by atoms with Crippen molar-refractivity contribution < 1.29 is 9.53 Å². The van der Waals surface area contributed by atoms with E-state index in [1.54, 1.807) is 30.9 Å². The van der Waals surface area contributed by atoms with Gasteiger partial charge in [0.2, 0.25) is 0 Å². The molecular formula is C26H19IN6O3. The van der Waals surface area contributed by atoms with Gasteiger partial charge in [0.1, 0.15) is 6.61 Å². The number of hydrogen-bond acceptors (Lipinski definition) is 7. The second-order valence-electron chi connectivity index (χ2n) is 8.69. The first kappa shape index (κ1) is 22.5. The van der Waals surface area contributed by atoms with Crippen molar-refractivity contribution in [2.75, 3.05) is 0 Å². The predicted molar refractivity (Wildman–Crippen MR) is 140 cm³/mol. The van der Waals surface area contributed by atoms with Crippen LogP contribution in [0.2, 0.25) is 0 Å². The van der Waals surface area contributed by atoms with Crippen LogP contribution in [0.15, 0.2) is 78.1 Å². The molecule has 4 heterocycles. The maximum Gasteiger partial charge on any atom is 0.333 e. The van der Waals surface area contributed by atoms with Gasteiger partial charge in [-0.3, -0.25) is 19.4 Å². The second kappa shape index (κ2) is 8.94. The van der Waals surface area contributed by atoms with E-state index in [2.05, 4.69) is 25.1 Å². The molecule has 1 aliphatic carbocycles. The molecule has 0 saturated heterocycles.